The van der Waals surface area contributed by atoms with Crippen molar-refractivity contribution >= 4 is 16.9 Å². The van der Waals surface area contributed by atoms with Crippen LogP contribution in [0.3, 0.4) is 0 Å². The molecule has 3 heterocycles. The van der Waals surface area contributed by atoms with Crippen LogP contribution < -0.4 is 10.9 Å². The number of aromatic nitrogens is 3. The Labute approximate surface area is 176 Å². The quantitative estimate of drug-likeness (QED) is 0.682. The predicted octanol–water partition coefficient (Wildman–Crippen LogP) is 3.37. The number of hydrogen-bond acceptors (Lipinski definition) is 3. The van der Waals surface area contributed by atoms with Gasteiger partial charge in [0.05, 0.1) is 5.52 Å². The van der Waals surface area contributed by atoms with Gasteiger partial charge >= 0.3 is 0 Å². The third kappa shape index (κ3) is 4.32. The first kappa shape index (κ1) is 20.4. The van der Waals surface area contributed by atoms with Crippen LogP contribution in [0.25, 0.3) is 11.0 Å². The van der Waals surface area contributed by atoms with Gasteiger partial charge in [-0.15, -0.1) is 0 Å². The molecule has 1 aliphatic heterocycles. The molecule has 0 fully saturated rings. The van der Waals surface area contributed by atoms with Crippen LogP contribution in [0.4, 0.5) is 0 Å². The van der Waals surface area contributed by atoms with Crippen molar-refractivity contribution < 1.29 is 4.79 Å². The van der Waals surface area contributed by atoms with Gasteiger partial charge in [0.2, 0.25) is 5.91 Å². The second-order valence-electron chi connectivity index (χ2n) is 8.39. The highest BCUT2D eigenvalue weighted by molar-refractivity contribution is 5.81. The van der Waals surface area contributed by atoms with Gasteiger partial charge in [0.25, 0.3) is 5.56 Å². The molecule has 30 heavy (non-hydrogen) atoms. The molecular weight excluding hydrogens is 376 g/mol. The third-order valence-electron chi connectivity index (χ3n) is 5.99. The van der Waals surface area contributed by atoms with Crippen molar-refractivity contribution in [2.45, 2.75) is 71.5 Å². The standard InChI is InChI=1S/C24H30N4O2/c1-17(12-13-19-9-5-3-6-10-19)25-22(29)16-28-18(2)15-20-23(28)24(30)27-14-8-4-7-11-21(27)26-20/h3,5-6,9-10,15,17H,4,7-8,11-14,16H2,1-2H3,(H,25,29)/t17-/m0/s1. The number of rotatable bonds is 6. The fourth-order valence-corrected chi connectivity index (χ4v) is 4.33. The molecule has 158 valence electrons. The lowest BCUT2D eigenvalue weighted by atomic mass is 10.1. The van der Waals surface area contributed by atoms with E-state index >= 15 is 0 Å². The van der Waals surface area contributed by atoms with Crippen molar-refractivity contribution in [3.8, 4) is 0 Å². The number of aryl methyl sites for hydroxylation is 3. The van der Waals surface area contributed by atoms with E-state index in [2.05, 4.69) is 17.4 Å². The molecule has 1 N–H and O–H groups in total. The molecule has 0 spiro atoms. The molecular formula is C24H30N4O2. The van der Waals surface area contributed by atoms with E-state index in [-0.39, 0.29) is 24.1 Å². The minimum atomic E-state index is -0.0736. The van der Waals surface area contributed by atoms with Crippen molar-refractivity contribution in [3.63, 3.8) is 0 Å². The Kier molecular flexibility index (Phi) is 6.02. The van der Waals surface area contributed by atoms with Gasteiger partial charge in [-0.25, -0.2) is 4.98 Å². The monoisotopic (exact) mass is 406 g/mol. The van der Waals surface area contributed by atoms with Gasteiger partial charge in [-0.05, 0) is 51.2 Å². The van der Waals surface area contributed by atoms with E-state index in [0.717, 1.165) is 50.0 Å². The lowest BCUT2D eigenvalue weighted by Crippen LogP contribution is -2.36. The molecule has 1 aliphatic rings. The van der Waals surface area contributed by atoms with Gasteiger partial charge < -0.3 is 9.88 Å². The number of nitrogens with zero attached hydrogens (tertiary/aromatic N) is 3. The average Bonchev–Trinajstić information content (AvgIpc) is 2.89. The number of hydrogen-bond donors (Lipinski definition) is 1. The zero-order valence-electron chi connectivity index (χ0n) is 17.9. The first-order chi connectivity index (χ1) is 14.5. The summed E-state index contributed by atoms with van der Waals surface area (Å²) < 4.78 is 3.63. The maximum Gasteiger partial charge on any atom is 0.278 e. The summed E-state index contributed by atoms with van der Waals surface area (Å²) in [6.45, 7) is 4.81. The SMILES string of the molecule is Cc1cc2nc3n(c(=O)c2n1CC(=O)N[C@@H](C)CCc1ccccc1)CCCCC3. The topological polar surface area (TPSA) is 68.9 Å². The van der Waals surface area contributed by atoms with E-state index in [1.165, 1.54) is 5.56 Å². The molecule has 2 aromatic heterocycles. The molecule has 0 saturated heterocycles. The second-order valence-corrected chi connectivity index (χ2v) is 8.39. The van der Waals surface area contributed by atoms with E-state index in [1.54, 1.807) is 0 Å². The highest BCUT2D eigenvalue weighted by Crippen LogP contribution is 2.18. The minimum absolute atomic E-state index is 0.0186. The number of carbonyl (C=O) groups excluding carboxylic acids is 1. The van der Waals surface area contributed by atoms with E-state index in [1.807, 2.05) is 47.2 Å². The summed E-state index contributed by atoms with van der Waals surface area (Å²) in [5.74, 6) is 0.802. The minimum Gasteiger partial charge on any atom is -0.352 e. The molecule has 0 unspecified atom stereocenters. The average molecular weight is 407 g/mol. The summed E-state index contributed by atoms with van der Waals surface area (Å²) in [5, 5.41) is 3.08. The number of carbonyl (C=O) groups is 1. The highest BCUT2D eigenvalue weighted by Gasteiger charge is 2.19. The van der Waals surface area contributed by atoms with E-state index in [0.29, 0.717) is 17.6 Å². The first-order valence-corrected chi connectivity index (χ1v) is 11.0. The van der Waals surface area contributed by atoms with Gasteiger partial charge in [0.1, 0.15) is 17.9 Å². The van der Waals surface area contributed by atoms with Crippen LogP contribution in [-0.4, -0.2) is 26.1 Å². The summed E-state index contributed by atoms with van der Waals surface area (Å²) in [6, 6.07) is 12.3. The maximum absolute atomic E-state index is 13.2. The fraction of sp³-hybridized carbons (Fsp3) is 0.458. The molecule has 1 atom stereocenters. The van der Waals surface area contributed by atoms with Gasteiger partial charge in [0, 0.05) is 24.7 Å². The third-order valence-corrected chi connectivity index (χ3v) is 5.99. The molecule has 0 saturated carbocycles. The summed E-state index contributed by atoms with van der Waals surface area (Å²) in [4.78, 5) is 30.7. The lowest BCUT2D eigenvalue weighted by Gasteiger charge is -2.16. The predicted molar refractivity (Wildman–Crippen MR) is 119 cm³/mol. The van der Waals surface area contributed by atoms with E-state index in [4.69, 9.17) is 4.98 Å². The number of fused-ring (bicyclic) bond motifs is 2. The smallest absolute Gasteiger partial charge is 0.278 e. The van der Waals surface area contributed by atoms with Crippen LogP contribution in [0.1, 0.15) is 49.7 Å². The molecule has 6 nitrogen and oxygen atoms in total. The Hall–Kier alpha value is -2.89. The largest absolute Gasteiger partial charge is 0.352 e. The van der Waals surface area contributed by atoms with E-state index in [9.17, 15) is 9.59 Å². The van der Waals surface area contributed by atoms with Crippen LogP contribution >= 0.6 is 0 Å². The van der Waals surface area contributed by atoms with Crippen LogP contribution in [0.5, 0.6) is 0 Å². The second kappa shape index (κ2) is 8.86. The normalized spacial score (nSPS) is 14.9. The highest BCUT2D eigenvalue weighted by atomic mass is 16.2. The summed E-state index contributed by atoms with van der Waals surface area (Å²) in [5.41, 5.74) is 3.39. The van der Waals surface area contributed by atoms with Crippen LogP contribution in [0.15, 0.2) is 41.2 Å². The van der Waals surface area contributed by atoms with Crippen molar-refractivity contribution in [1.82, 2.24) is 19.4 Å². The van der Waals surface area contributed by atoms with Crippen molar-refractivity contribution in [2.24, 2.45) is 0 Å². The van der Waals surface area contributed by atoms with Gasteiger partial charge in [-0.1, -0.05) is 36.8 Å². The molecule has 1 aromatic carbocycles. The Morgan fingerprint density at radius 2 is 2.00 bits per heavy atom. The Morgan fingerprint density at radius 1 is 1.20 bits per heavy atom. The Morgan fingerprint density at radius 3 is 2.80 bits per heavy atom. The zero-order chi connectivity index (χ0) is 21.1. The van der Waals surface area contributed by atoms with Gasteiger partial charge in [-0.3, -0.25) is 14.2 Å². The number of amides is 1. The lowest BCUT2D eigenvalue weighted by molar-refractivity contribution is -0.122. The van der Waals surface area contributed by atoms with Crippen molar-refractivity contribution in [2.75, 3.05) is 0 Å². The molecule has 1 amide bonds. The van der Waals surface area contributed by atoms with Crippen LogP contribution in [0.2, 0.25) is 0 Å². The molecule has 6 heteroatoms. The molecule has 0 radical (unpaired) electrons. The maximum atomic E-state index is 13.2. The number of nitrogens with one attached hydrogen (secondary N) is 1. The fourth-order valence-electron chi connectivity index (χ4n) is 4.33. The zero-order valence-corrected chi connectivity index (χ0v) is 17.9. The molecule has 0 bridgehead atoms. The molecule has 3 aromatic rings. The van der Waals surface area contributed by atoms with E-state index < -0.39 is 0 Å². The molecule has 0 aliphatic carbocycles. The summed E-state index contributed by atoms with van der Waals surface area (Å²) >= 11 is 0. The Bertz CT molecular complexity index is 1100. The van der Waals surface area contributed by atoms with Crippen molar-refractivity contribution in [3.05, 3.63) is 63.8 Å². The van der Waals surface area contributed by atoms with Gasteiger partial charge in [-0.2, -0.15) is 0 Å². The first-order valence-electron chi connectivity index (χ1n) is 11.0. The van der Waals surface area contributed by atoms with Gasteiger partial charge in [0.15, 0.2) is 0 Å². The summed E-state index contributed by atoms with van der Waals surface area (Å²) in [7, 11) is 0. The van der Waals surface area contributed by atoms with Crippen LogP contribution in [0, 0.1) is 6.92 Å². The summed E-state index contributed by atoms with van der Waals surface area (Å²) in [6.07, 6.45) is 5.83. The van der Waals surface area contributed by atoms with Crippen LogP contribution in [-0.2, 0) is 30.7 Å². The molecule has 4 rings (SSSR count). The van der Waals surface area contributed by atoms with Crippen molar-refractivity contribution in [1.29, 1.82) is 0 Å². The number of benzene rings is 1. The Balaban J connectivity index is 1.49.